The minimum Gasteiger partial charge on any atom is -0.275 e. The Hall–Kier alpha value is -1.88. The van der Waals surface area contributed by atoms with Crippen molar-refractivity contribution in [3.8, 4) is 5.69 Å². The smallest absolute Gasteiger partial charge is 0.221 e. The molecule has 0 radical (unpaired) electrons. The van der Waals surface area contributed by atoms with Gasteiger partial charge in [-0.1, -0.05) is 32.0 Å². The van der Waals surface area contributed by atoms with E-state index < -0.39 is 9.84 Å². The van der Waals surface area contributed by atoms with E-state index in [1.165, 1.54) is 10.4 Å². The fourth-order valence-corrected chi connectivity index (χ4v) is 6.39. The molecule has 160 valence electrons. The van der Waals surface area contributed by atoms with Crippen LogP contribution < -0.4 is 0 Å². The zero-order valence-electron chi connectivity index (χ0n) is 17.0. The largest absolute Gasteiger partial charge is 0.275 e. The molecule has 1 saturated heterocycles. The van der Waals surface area contributed by atoms with Gasteiger partial charge in [0.25, 0.3) is 0 Å². The Kier molecular flexibility index (Phi) is 6.19. The second kappa shape index (κ2) is 8.70. The van der Waals surface area contributed by atoms with Crippen LogP contribution in [-0.4, -0.2) is 50.7 Å². The van der Waals surface area contributed by atoms with Gasteiger partial charge in [-0.3, -0.25) is 4.90 Å². The summed E-state index contributed by atoms with van der Waals surface area (Å²) in [5, 5.41) is 10.5. The molecule has 3 aromatic rings. The summed E-state index contributed by atoms with van der Waals surface area (Å²) in [5.41, 5.74) is 2.12. The summed E-state index contributed by atoms with van der Waals surface area (Å²) in [6.07, 6.45) is 0.631. The lowest BCUT2D eigenvalue weighted by Gasteiger charge is -2.26. The number of hydrogen-bond donors (Lipinski definition) is 0. The van der Waals surface area contributed by atoms with Crippen LogP contribution in [0.15, 0.2) is 41.8 Å². The summed E-state index contributed by atoms with van der Waals surface area (Å²) in [6.45, 7) is 5.38. The predicted octanol–water partition coefficient (Wildman–Crippen LogP) is 3.63. The molecule has 1 aliphatic rings. The molecular weight excluding hydrogens is 438 g/mol. The van der Waals surface area contributed by atoms with Crippen molar-refractivity contribution in [2.24, 2.45) is 0 Å². The number of hydrogen-bond acceptors (Lipinski definition) is 7. The molecule has 10 heteroatoms. The average molecular weight is 464 g/mol. The molecule has 1 fully saturated rings. The highest BCUT2D eigenvalue weighted by Crippen LogP contribution is 2.23. The van der Waals surface area contributed by atoms with Gasteiger partial charge in [0.1, 0.15) is 0 Å². The molecule has 0 amide bonds. The summed E-state index contributed by atoms with van der Waals surface area (Å²) in [6, 6.07) is 12.2. The van der Waals surface area contributed by atoms with E-state index in [0.717, 1.165) is 5.69 Å². The van der Waals surface area contributed by atoms with Crippen molar-refractivity contribution in [3.63, 3.8) is 0 Å². The highest BCUT2D eigenvalue weighted by molar-refractivity contribution is 7.91. The Morgan fingerprint density at radius 2 is 2.00 bits per heavy atom. The molecule has 7 nitrogen and oxygen atoms in total. The highest BCUT2D eigenvalue weighted by atomic mass is 32.2. The molecule has 1 aromatic carbocycles. The maximum absolute atomic E-state index is 12.0. The third kappa shape index (κ3) is 4.72. The normalized spacial score (nSPS) is 18.5. The van der Waals surface area contributed by atoms with Gasteiger partial charge in [-0.25, -0.2) is 13.1 Å². The topological polar surface area (TPSA) is 73.0 Å². The maximum atomic E-state index is 12.0. The van der Waals surface area contributed by atoms with Crippen LogP contribution >= 0.6 is 23.6 Å². The average Bonchev–Trinajstić information content (AvgIpc) is 3.43. The van der Waals surface area contributed by atoms with Gasteiger partial charge in [-0.05, 0) is 64.1 Å². The lowest BCUT2D eigenvalue weighted by atomic mass is 10.0. The lowest BCUT2D eigenvalue weighted by Crippen LogP contribution is -2.37. The van der Waals surface area contributed by atoms with E-state index in [1.807, 2.05) is 23.6 Å². The number of nitrogens with zero attached hydrogens (tertiary/aromatic N) is 5. The third-order valence-electron chi connectivity index (χ3n) is 5.42. The van der Waals surface area contributed by atoms with Crippen LogP contribution in [0.4, 0.5) is 0 Å². The summed E-state index contributed by atoms with van der Waals surface area (Å²) in [5.74, 6) is 0.867. The summed E-state index contributed by atoms with van der Waals surface area (Å²) in [4.78, 5) is 3.33. The predicted molar refractivity (Wildman–Crippen MR) is 121 cm³/mol. The van der Waals surface area contributed by atoms with Gasteiger partial charge in [0.2, 0.25) is 4.77 Å². The van der Waals surface area contributed by atoms with Crippen molar-refractivity contribution < 1.29 is 8.42 Å². The van der Waals surface area contributed by atoms with Crippen LogP contribution in [0.2, 0.25) is 0 Å². The van der Waals surface area contributed by atoms with Gasteiger partial charge in [-0.15, -0.1) is 11.3 Å². The Morgan fingerprint density at radius 1 is 1.23 bits per heavy atom. The van der Waals surface area contributed by atoms with Gasteiger partial charge in [0.05, 0.1) is 23.9 Å². The SMILES string of the molecule is CC(C)c1ccc(-n2nnn(CN(Cc3cccs3)[C@H]3CCS(=O)(=O)C3)c2=S)cc1. The molecule has 0 aliphatic carbocycles. The summed E-state index contributed by atoms with van der Waals surface area (Å²) in [7, 11) is -2.99. The minimum absolute atomic E-state index is 0.0468. The van der Waals surface area contributed by atoms with Crippen molar-refractivity contribution >= 4 is 33.4 Å². The number of aromatic nitrogens is 4. The molecule has 1 atom stereocenters. The van der Waals surface area contributed by atoms with E-state index >= 15 is 0 Å². The molecule has 1 aliphatic heterocycles. The Bertz CT molecular complexity index is 1150. The van der Waals surface area contributed by atoms with Crippen LogP contribution in [0.1, 0.15) is 36.6 Å². The van der Waals surface area contributed by atoms with E-state index in [9.17, 15) is 8.42 Å². The van der Waals surface area contributed by atoms with E-state index in [4.69, 9.17) is 12.2 Å². The Balaban J connectivity index is 1.58. The van der Waals surface area contributed by atoms with Crippen LogP contribution in [0.5, 0.6) is 0 Å². The molecule has 3 heterocycles. The molecule has 30 heavy (non-hydrogen) atoms. The first kappa shape index (κ1) is 21.4. The molecule has 0 unspecified atom stereocenters. The lowest BCUT2D eigenvalue weighted by molar-refractivity contribution is 0.146. The van der Waals surface area contributed by atoms with E-state index in [0.29, 0.717) is 30.3 Å². The van der Waals surface area contributed by atoms with Crippen molar-refractivity contribution in [1.29, 1.82) is 0 Å². The fourth-order valence-electron chi connectivity index (χ4n) is 3.66. The molecule has 0 saturated carbocycles. The first-order chi connectivity index (χ1) is 14.3. The number of thiophene rings is 1. The summed E-state index contributed by atoms with van der Waals surface area (Å²) >= 11 is 7.30. The molecule has 4 rings (SSSR count). The molecular formula is C20H25N5O2S3. The monoisotopic (exact) mass is 463 g/mol. The summed E-state index contributed by atoms with van der Waals surface area (Å²) < 4.78 is 27.9. The fraction of sp³-hybridized carbons (Fsp3) is 0.450. The van der Waals surface area contributed by atoms with Gasteiger partial charge in [0, 0.05) is 17.5 Å². The van der Waals surface area contributed by atoms with Crippen molar-refractivity contribution in [2.75, 3.05) is 11.5 Å². The quantitative estimate of drug-likeness (QED) is 0.498. The van der Waals surface area contributed by atoms with Gasteiger partial charge < -0.3 is 0 Å². The Labute approximate surface area is 185 Å². The standard InChI is InChI=1S/C20H25N5O2S3/c1-15(2)16-5-7-17(8-6-16)25-20(28)24(21-22-25)14-23(12-19-4-3-10-29-19)18-9-11-30(26,27)13-18/h3-8,10,15,18H,9,11-14H2,1-2H3/t18-/m0/s1. The van der Waals surface area contributed by atoms with E-state index in [-0.39, 0.29) is 17.5 Å². The van der Waals surface area contributed by atoms with Crippen LogP contribution in [0.25, 0.3) is 5.69 Å². The van der Waals surface area contributed by atoms with Gasteiger partial charge >= 0.3 is 0 Å². The minimum atomic E-state index is -2.99. The Morgan fingerprint density at radius 3 is 2.60 bits per heavy atom. The first-order valence-electron chi connectivity index (χ1n) is 9.92. The zero-order valence-corrected chi connectivity index (χ0v) is 19.5. The number of tetrazole rings is 1. The first-order valence-corrected chi connectivity index (χ1v) is 13.0. The van der Waals surface area contributed by atoms with Crippen LogP contribution in [0.3, 0.4) is 0 Å². The molecule has 0 spiro atoms. The van der Waals surface area contributed by atoms with Crippen molar-refractivity contribution in [2.45, 2.75) is 45.4 Å². The van der Waals surface area contributed by atoms with E-state index in [1.54, 1.807) is 20.7 Å². The van der Waals surface area contributed by atoms with Crippen molar-refractivity contribution in [3.05, 3.63) is 57.0 Å². The number of sulfone groups is 1. The second-order valence-corrected chi connectivity index (χ2v) is 11.6. The van der Waals surface area contributed by atoms with Gasteiger partial charge in [0.15, 0.2) is 9.84 Å². The van der Waals surface area contributed by atoms with E-state index in [2.05, 4.69) is 47.4 Å². The van der Waals surface area contributed by atoms with Crippen LogP contribution in [-0.2, 0) is 23.1 Å². The zero-order chi connectivity index (χ0) is 21.3. The van der Waals surface area contributed by atoms with Gasteiger partial charge in [-0.2, -0.15) is 4.68 Å². The number of benzene rings is 1. The maximum Gasteiger partial charge on any atom is 0.221 e. The number of rotatable bonds is 7. The molecule has 0 N–H and O–H groups in total. The highest BCUT2D eigenvalue weighted by Gasteiger charge is 2.33. The second-order valence-electron chi connectivity index (χ2n) is 7.94. The van der Waals surface area contributed by atoms with Crippen molar-refractivity contribution in [1.82, 2.24) is 24.7 Å². The molecule has 0 bridgehead atoms. The third-order valence-corrected chi connectivity index (χ3v) is 8.42. The van der Waals surface area contributed by atoms with Crippen LogP contribution in [0, 0.1) is 4.77 Å². The molecule has 2 aromatic heterocycles.